The minimum absolute atomic E-state index is 0.167. The predicted molar refractivity (Wildman–Crippen MR) is 65.7 cm³/mol. The zero-order valence-electron chi connectivity index (χ0n) is 9.85. The van der Waals surface area contributed by atoms with Crippen LogP contribution in [0.2, 0.25) is 0 Å². The van der Waals surface area contributed by atoms with Crippen molar-refractivity contribution in [2.24, 2.45) is 0 Å². The largest absolute Gasteiger partial charge is 0.508 e. The number of phenols is 1. The fourth-order valence-electron chi connectivity index (χ4n) is 1.43. The molecule has 0 aliphatic rings. The van der Waals surface area contributed by atoms with Crippen LogP contribution >= 0.6 is 0 Å². The summed E-state index contributed by atoms with van der Waals surface area (Å²) in [6.07, 6.45) is 1.67. The lowest BCUT2D eigenvalue weighted by molar-refractivity contribution is -0.145. The van der Waals surface area contributed by atoms with Crippen molar-refractivity contribution in [3.8, 4) is 5.75 Å². The van der Waals surface area contributed by atoms with Crippen LogP contribution in [0.1, 0.15) is 18.5 Å². The van der Waals surface area contributed by atoms with E-state index in [1.165, 1.54) is 12.1 Å². The predicted octanol–water partition coefficient (Wildman–Crippen LogP) is 1.77. The SMILES string of the molecule is C=CCNC(C(=O)OCC)c1ccc(O)cc1. The molecule has 0 heterocycles. The first-order chi connectivity index (χ1) is 8.19. The van der Waals surface area contributed by atoms with Crippen LogP contribution in [0.25, 0.3) is 0 Å². The Hall–Kier alpha value is -1.81. The van der Waals surface area contributed by atoms with Crippen molar-refractivity contribution in [3.05, 3.63) is 42.5 Å². The molecule has 2 N–H and O–H groups in total. The van der Waals surface area contributed by atoms with Crippen molar-refractivity contribution in [1.29, 1.82) is 0 Å². The van der Waals surface area contributed by atoms with Gasteiger partial charge >= 0.3 is 5.97 Å². The van der Waals surface area contributed by atoms with Crippen LogP contribution in [0, 0.1) is 0 Å². The summed E-state index contributed by atoms with van der Waals surface area (Å²) in [5, 5.41) is 12.2. The molecular weight excluding hydrogens is 218 g/mol. The highest BCUT2D eigenvalue weighted by Gasteiger charge is 2.20. The second-order valence-electron chi connectivity index (χ2n) is 3.47. The fourth-order valence-corrected chi connectivity index (χ4v) is 1.43. The molecule has 0 radical (unpaired) electrons. The summed E-state index contributed by atoms with van der Waals surface area (Å²) in [6.45, 7) is 6.20. The van der Waals surface area contributed by atoms with E-state index in [1.807, 2.05) is 0 Å². The number of ether oxygens (including phenoxy) is 1. The van der Waals surface area contributed by atoms with E-state index in [-0.39, 0.29) is 11.7 Å². The van der Waals surface area contributed by atoms with E-state index in [4.69, 9.17) is 4.74 Å². The zero-order valence-corrected chi connectivity index (χ0v) is 9.85. The third kappa shape index (κ3) is 3.92. The molecule has 1 aromatic rings. The summed E-state index contributed by atoms with van der Waals surface area (Å²) >= 11 is 0. The molecule has 0 spiro atoms. The van der Waals surface area contributed by atoms with Gasteiger partial charge in [0.2, 0.25) is 0 Å². The summed E-state index contributed by atoms with van der Waals surface area (Å²) in [4.78, 5) is 11.8. The molecule has 0 aliphatic heterocycles. The highest BCUT2D eigenvalue weighted by molar-refractivity contribution is 5.77. The van der Waals surface area contributed by atoms with Crippen molar-refractivity contribution in [3.63, 3.8) is 0 Å². The Labute approximate surface area is 101 Å². The van der Waals surface area contributed by atoms with Gasteiger partial charge in [-0.25, -0.2) is 4.79 Å². The number of hydrogen-bond donors (Lipinski definition) is 2. The molecule has 92 valence electrons. The lowest BCUT2D eigenvalue weighted by atomic mass is 10.1. The van der Waals surface area contributed by atoms with Gasteiger partial charge < -0.3 is 9.84 Å². The van der Waals surface area contributed by atoms with Crippen molar-refractivity contribution in [2.45, 2.75) is 13.0 Å². The number of esters is 1. The zero-order chi connectivity index (χ0) is 12.7. The van der Waals surface area contributed by atoms with Crippen molar-refractivity contribution in [2.75, 3.05) is 13.2 Å². The number of benzene rings is 1. The number of phenolic OH excluding ortho intramolecular Hbond substituents is 1. The highest BCUT2D eigenvalue weighted by Crippen LogP contribution is 2.18. The molecule has 0 bridgehead atoms. The van der Waals surface area contributed by atoms with Crippen LogP contribution in [0.3, 0.4) is 0 Å². The molecule has 0 aliphatic carbocycles. The average molecular weight is 235 g/mol. The van der Waals surface area contributed by atoms with Gasteiger partial charge in [-0.2, -0.15) is 0 Å². The Balaban J connectivity index is 2.84. The van der Waals surface area contributed by atoms with Crippen LogP contribution in [0.15, 0.2) is 36.9 Å². The van der Waals surface area contributed by atoms with Gasteiger partial charge in [-0.05, 0) is 24.6 Å². The van der Waals surface area contributed by atoms with Crippen LogP contribution in [0.4, 0.5) is 0 Å². The van der Waals surface area contributed by atoms with E-state index in [0.29, 0.717) is 13.2 Å². The van der Waals surface area contributed by atoms with Crippen LogP contribution in [-0.4, -0.2) is 24.2 Å². The first-order valence-corrected chi connectivity index (χ1v) is 5.49. The maximum Gasteiger partial charge on any atom is 0.327 e. The van der Waals surface area contributed by atoms with Crippen molar-refractivity contribution < 1.29 is 14.6 Å². The Bertz CT molecular complexity index is 373. The number of hydrogen-bond acceptors (Lipinski definition) is 4. The van der Waals surface area contributed by atoms with Gasteiger partial charge in [-0.15, -0.1) is 6.58 Å². The summed E-state index contributed by atoms with van der Waals surface area (Å²) in [5.74, 6) is -0.167. The number of carbonyl (C=O) groups is 1. The Kier molecular flexibility index (Phi) is 5.23. The van der Waals surface area contributed by atoms with Gasteiger partial charge in [-0.3, -0.25) is 5.32 Å². The van der Waals surface area contributed by atoms with Gasteiger partial charge in [0.1, 0.15) is 11.8 Å². The summed E-state index contributed by atoms with van der Waals surface area (Å²) in [6, 6.07) is 5.92. The van der Waals surface area contributed by atoms with E-state index < -0.39 is 6.04 Å². The minimum Gasteiger partial charge on any atom is -0.508 e. The summed E-state index contributed by atoms with van der Waals surface area (Å²) < 4.78 is 4.99. The standard InChI is InChI=1S/C13H17NO3/c1-3-9-14-12(13(16)17-4-2)10-5-7-11(15)8-6-10/h3,5-8,12,14-15H,1,4,9H2,2H3. The lowest BCUT2D eigenvalue weighted by Gasteiger charge is -2.16. The van der Waals surface area contributed by atoms with E-state index in [2.05, 4.69) is 11.9 Å². The Morgan fingerprint density at radius 3 is 2.71 bits per heavy atom. The van der Waals surface area contributed by atoms with Gasteiger partial charge in [0.15, 0.2) is 0 Å². The second kappa shape index (κ2) is 6.70. The second-order valence-corrected chi connectivity index (χ2v) is 3.47. The molecule has 4 nitrogen and oxygen atoms in total. The lowest BCUT2D eigenvalue weighted by Crippen LogP contribution is -2.30. The maximum atomic E-state index is 11.8. The average Bonchev–Trinajstić information content (AvgIpc) is 2.32. The monoisotopic (exact) mass is 235 g/mol. The molecule has 17 heavy (non-hydrogen) atoms. The smallest absolute Gasteiger partial charge is 0.327 e. The molecule has 1 unspecified atom stereocenters. The van der Waals surface area contributed by atoms with Gasteiger partial charge in [0, 0.05) is 6.54 Å². The van der Waals surface area contributed by atoms with E-state index in [1.54, 1.807) is 25.1 Å². The van der Waals surface area contributed by atoms with E-state index in [0.717, 1.165) is 5.56 Å². The molecule has 1 aromatic carbocycles. The molecule has 4 heteroatoms. The normalized spacial score (nSPS) is 11.8. The molecule has 0 saturated heterocycles. The Morgan fingerprint density at radius 2 is 2.18 bits per heavy atom. The summed E-state index contributed by atoms with van der Waals surface area (Å²) in [7, 11) is 0. The van der Waals surface area contributed by atoms with Crippen molar-refractivity contribution >= 4 is 5.97 Å². The van der Waals surface area contributed by atoms with Crippen molar-refractivity contribution in [1.82, 2.24) is 5.32 Å². The number of rotatable bonds is 6. The molecule has 0 saturated carbocycles. The highest BCUT2D eigenvalue weighted by atomic mass is 16.5. The third-order valence-corrected chi connectivity index (χ3v) is 2.22. The molecule has 0 amide bonds. The van der Waals surface area contributed by atoms with Crippen LogP contribution < -0.4 is 5.32 Å². The topological polar surface area (TPSA) is 58.6 Å². The number of carbonyl (C=O) groups excluding carboxylic acids is 1. The first kappa shape index (κ1) is 13.3. The van der Waals surface area contributed by atoms with Gasteiger partial charge in [-0.1, -0.05) is 18.2 Å². The molecule has 1 rings (SSSR count). The van der Waals surface area contributed by atoms with E-state index >= 15 is 0 Å². The first-order valence-electron chi connectivity index (χ1n) is 5.49. The van der Waals surface area contributed by atoms with E-state index in [9.17, 15) is 9.90 Å². The number of aromatic hydroxyl groups is 1. The molecule has 0 fully saturated rings. The maximum absolute atomic E-state index is 11.8. The van der Waals surface area contributed by atoms with Crippen LogP contribution in [0.5, 0.6) is 5.75 Å². The van der Waals surface area contributed by atoms with Gasteiger partial charge in [0.25, 0.3) is 0 Å². The fraction of sp³-hybridized carbons (Fsp3) is 0.308. The summed E-state index contributed by atoms with van der Waals surface area (Å²) in [5.41, 5.74) is 0.753. The quantitative estimate of drug-likeness (QED) is 0.583. The van der Waals surface area contributed by atoms with Crippen LogP contribution in [-0.2, 0) is 9.53 Å². The molecule has 0 aromatic heterocycles. The minimum atomic E-state index is -0.534. The van der Waals surface area contributed by atoms with Gasteiger partial charge in [0.05, 0.1) is 6.61 Å². The molecular formula is C13H17NO3. The third-order valence-electron chi connectivity index (χ3n) is 2.22. The molecule has 1 atom stereocenters. The Morgan fingerprint density at radius 1 is 1.53 bits per heavy atom. The number of nitrogens with one attached hydrogen (secondary N) is 1.